The molecule has 48 heavy (non-hydrogen) atoms. The van der Waals surface area contributed by atoms with Crippen molar-refractivity contribution in [2.45, 2.75) is 77.3 Å². The van der Waals surface area contributed by atoms with Gasteiger partial charge in [0.05, 0.1) is 45.8 Å². The highest BCUT2D eigenvalue weighted by atomic mass is 79.9. The average Bonchev–Trinajstić information content (AvgIpc) is 3.41. The van der Waals surface area contributed by atoms with E-state index in [9.17, 15) is 4.79 Å². The number of nitrogens with one attached hydrogen (secondary N) is 2. The maximum absolute atomic E-state index is 12.5. The number of carbonyl (C=O) groups excluding carboxylic acids is 4. The van der Waals surface area contributed by atoms with Crippen LogP contribution in [0, 0.1) is 11.8 Å². The second-order valence-corrected chi connectivity index (χ2v) is 14.2. The van der Waals surface area contributed by atoms with Gasteiger partial charge in [-0.15, -0.1) is 0 Å². The number of nitrogens with two attached hydrogens (primary N) is 1. The summed E-state index contributed by atoms with van der Waals surface area (Å²) in [7, 11) is 0. The molecule has 0 amide bonds. The SMILES string of the molecule is CC1CCC(Nc2c(N)cnc3ccc(Br)cc23)CC1.CC1CCC(n2c(=O)[nH]c3cnc4ccc(Br)cc4c32)CC1.O=C=O.O=C=O. The zero-order chi connectivity index (χ0) is 34.8. The van der Waals surface area contributed by atoms with E-state index in [0.29, 0.717) is 12.1 Å². The quantitative estimate of drug-likeness (QED) is 0.165. The number of nitrogen functional groups attached to an aromatic ring is 1. The van der Waals surface area contributed by atoms with Crippen molar-refractivity contribution in [3.8, 4) is 0 Å². The molecule has 2 fully saturated rings. The van der Waals surface area contributed by atoms with Gasteiger partial charge in [0, 0.05) is 31.8 Å². The van der Waals surface area contributed by atoms with Crippen LogP contribution in [-0.4, -0.2) is 37.9 Å². The predicted octanol–water partition coefficient (Wildman–Crippen LogP) is 7.79. The van der Waals surface area contributed by atoms with Crippen molar-refractivity contribution in [2.75, 3.05) is 11.1 Å². The van der Waals surface area contributed by atoms with E-state index in [4.69, 9.17) is 24.9 Å². The third-order valence-electron chi connectivity index (χ3n) is 9.08. The summed E-state index contributed by atoms with van der Waals surface area (Å²) >= 11 is 7.06. The molecule has 3 heterocycles. The van der Waals surface area contributed by atoms with E-state index in [-0.39, 0.29) is 18.0 Å². The van der Waals surface area contributed by atoms with Crippen LogP contribution in [0.25, 0.3) is 32.8 Å². The average molecular weight is 783 g/mol. The normalized spacial score (nSPS) is 20.2. The van der Waals surface area contributed by atoms with Gasteiger partial charge in [0.1, 0.15) is 0 Å². The molecule has 2 saturated carbocycles. The highest BCUT2D eigenvalue weighted by molar-refractivity contribution is 9.10. The number of rotatable bonds is 3. The molecular weight excluding hydrogens is 744 g/mol. The van der Waals surface area contributed by atoms with Crippen molar-refractivity contribution in [3.63, 3.8) is 0 Å². The van der Waals surface area contributed by atoms with Crippen molar-refractivity contribution >= 4 is 88.4 Å². The van der Waals surface area contributed by atoms with Gasteiger partial charge >= 0.3 is 18.0 Å². The maximum Gasteiger partial charge on any atom is 0.373 e. The number of aromatic nitrogens is 4. The van der Waals surface area contributed by atoms with Gasteiger partial charge in [-0.3, -0.25) is 14.5 Å². The first-order chi connectivity index (χ1) is 23.1. The molecule has 252 valence electrons. The van der Waals surface area contributed by atoms with Crippen LogP contribution >= 0.6 is 31.9 Å². The van der Waals surface area contributed by atoms with E-state index in [2.05, 4.69) is 78.1 Å². The summed E-state index contributed by atoms with van der Waals surface area (Å²) < 4.78 is 4.03. The number of aromatic amines is 1. The fourth-order valence-electron chi connectivity index (χ4n) is 6.58. The molecule has 13 heteroatoms. The molecule has 2 aliphatic rings. The fourth-order valence-corrected chi connectivity index (χ4v) is 7.30. The lowest BCUT2D eigenvalue weighted by atomic mass is 9.87. The predicted molar refractivity (Wildman–Crippen MR) is 191 cm³/mol. The molecule has 0 radical (unpaired) electrons. The Balaban J connectivity index is 0.000000187. The number of fused-ring (bicyclic) bond motifs is 4. The summed E-state index contributed by atoms with van der Waals surface area (Å²) in [6.07, 6.45) is 13.6. The Kier molecular flexibility index (Phi) is 13.2. The molecule has 5 aromatic rings. The second-order valence-electron chi connectivity index (χ2n) is 12.4. The van der Waals surface area contributed by atoms with Crippen LogP contribution in [0.1, 0.15) is 71.3 Å². The summed E-state index contributed by atoms with van der Waals surface area (Å²) in [5.41, 5.74) is 11.6. The summed E-state index contributed by atoms with van der Waals surface area (Å²) in [4.78, 5) is 56.9. The largest absolute Gasteiger partial charge is 0.396 e. The Morgan fingerprint density at radius 3 is 1.88 bits per heavy atom. The monoisotopic (exact) mass is 780 g/mol. The van der Waals surface area contributed by atoms with Crippen molar-refractivity contribution in [3.05, 3.63) is 68.2 Å². The van der Waals surface area contributed by atoms with E-state index >= 15 is 0 Å². The number of anilines is 2. The lowest BCUT2D eigenvalue weighted by Crippen LogP contribution is -2.25. The first-order valence-corrected chi connectivity index (χ1v) is 17.5. The number of H-pyrrole nitrogens is 1. The zero-order valence-corrected chi connectivity index (χ0v) is 30.0. The van der Waals surface area contributed by atoms with Crippen LogP contribution < -0.4 is 16.7 Å². The molecule has 0 saturated heterocycles. The van der Waals surface area contributed by atoms with Gasteiger partial charge in [0.25, 0.3) is 0 Å². The van der Waals surface area contributed by atoms with Gasteiger partial charge < -0.3 is 16.0 Å². The first-order valence-electron chi connectivity index (χ1n) is 15.9. The number of hydrogen-bond donors (Lipinski definition) is 3. The van der Waals surface area contributed by atoms with E-state index in [1.807, 2.05) is 28.8 Å². The van der Waals surface area contributed by atoms with E-state index in [0.717, 1.165) is 77.8 Å². The third-order valence-corrected chi connectivity index (χ3v) is 10.1. The molecule has 0 atom stereocenters. The zero-order valence-electron chi connectivity index (χ0n) is 26.8. The Bertz CT molecular complexity index is 1970. The number of benzene rings is 2. The van der Waals surface area contributed by atoms with Crippen molar-refractivity contribution in [1.29, 1.82) is 0 Å². The summed E-state index contributed by atoms with van der Waals surface area (Å²) in [6.45, 7) is 4.63. The molecule has 2 aliphatic carbocycles. The Labute approximate surface area is 294 Å². The van der Waals surface area contributed by atoms with E-state index in [1.165, 1.54) is 38.5 Å². The fraction of sp³-hybridized carbons (Fsp3) is 0.400. The molecule has 4 N–H and O–H groups in total. The molecule has 0 bridgehead atoms. The van der Waals surface area contributed by atoms with Crippen molar-refractivity contribution in [2.24, 2.45) is 11.8 Å². The van der Waals surface area contributed by atoms with Crippen molar-refractivity contribution < 1.29 is 19.2 Å². The van der Waals surface area contributed by atoms with Crippen LogP contribution in [0.4, 0.5) is 11.4 Å². The minimum atomic E-state index is -0.0103. The lowest BCUT2D eigenvalue weighted by Gasteiger charge is -2.28. The minimum Gasteiger partial charge on any atom is -0.396 e. The molecule has 11 nitrogen and oxygen atoms in total. The highest BCUT2D eigenvalue weighted by Gasteiger charge is 2.24. The first kappa shape index (κ1) is 36.7. The number of pyridine rings is 2. The van der Waals surface area contributed by atoms with Gasteiger partial charge in [-0.1, -0.05) is 45.7 Å². The van der Waals surface area contributed by atoms with Crippen molar-refractivity contribution in [1.82, 2.24) is 19.5 Å². The Hall–Kier alpha value is -4.15. The van der Waals surface area contributed by atoms with Gasteiger partial charge in [-0.05, 0) is 99.6 Å². The molecule has 0 aliphatic heterocycles. The Morgan fingerprint density at radius 2 is 1.29 bits per heavy atom. The number of hydrogen-bond acceptors (Lipinski definition) is 9. The van der Waals surface area contributed by atoms with Gasteiger partial charge in [0.15, 0.2) is 0 Å². The molecular formula is C35H38Br2N6O5. The topological polar surface area (TPSA) is 170 Å². The number of halogens is 2. The van der Waals surface area contributed by atoms with Crippen LogP contribution in [-0.2, 0) is 19.2 Å². The summed E-state index contributed by atoms with van der Waals surface area (Å²) in [5.74, 6) is 1.62. The number of imidazole rings is 1. The van der Waals surface area contributed by atoms with Crippen LogP contribution in [0.2, 0.25) is 0 Å². The van der Waals surface area contributed by atoms with Crippen LogP contribution in [0.15, 0.2) is 62.5 Å². The standard InChI is InChI=1S/C17H18BrN3O.C16H20BrN3.2CO2/c1-10-2-5-12(6-3-10)21-16-13-8-11(18)4-7-14(13)19-9-15(16)20-17(21)22;1-10-2-5-12(6-3-10)20-16-13-8-11(17)4-7-15(13)19-9-14(16)18;2*2-1-3/h4,7-10,12H,2-3,5-6H2,1H3,(H,20,22);4,7-10,12H,2-3,5-6,18H2,1H3,(H,19,20);;. The third kappa shape index (κ3) is 9.05. The van der Waals surface area contributed by atoms with Gasteiger partial charge in [0.2, 0.25) is 0 Å². The smallest absolute Gasteiger partial charge is 0.373 e. The van der Waals surface area contributed by atoms with Gasteiger partial charge in [-0.2, -0.15) is 19.2 Å². The van der Waals surface area contributed by atoms with Gasteiger partial charge in [-0.25, -0.2) is 4.79 Å². The lowest BCUT2D eigenvalue weighted by molar-refractivity contribution is -0.193. The maximum atomic E-state index is 12.5. The molecule has 3 aromatic heterocycles. The van der Waals surface area contributed by atoms with E-state index in [1.54, 1.807) is 12.4 Å². The summed E-state index contributed by atoms with van der Waals surface area (Å²) in [5, 5.41) is 5.78. The van der Waals surface area contributed by atoms with Crippen LogP contribution in [0.5, 0.6) is 0 Å². The molecule has 0 spiro atoms. The molecule has 0 unspecified atom stereocenters. The Morgan fingerprint density at radius 1 is 0.792 bits per heavy atom. The minimum absolute atomic E-state index is 0.0103. The summed E-state index contributed by atoms with van der Waals surface area (Å²) in [6, 6.07) is 13.0. The second kappa shape index (κ2) is 17.3. The highest BCUT2D eigenvalue weighted by Crippen LogP contribution is 2.35. The molecule has 2 aromatic carbocycles. The van der Waals surface area contributed by atoms with Crippen LogP contribution in [0.3, 0.4) is 0 Å². The van der Waals surface area contributed by atoms with E-state index < -0.39 is 0 Å². The number of nitrogens with zero attached hydrogens (tertiary/aromatic N) is 3. The molecule has 7 rings (SSSR count).